The zero-order chi connectivity index (χ0) is 19.3. The third-order valence-electron chi connectivity index (χ3n) is 5.78. The van der Waals surface area contributed by atoms with Crippen molar-refractivity contribution in [3.05, 3.63) is 71.5 Å². The Morgan fingerprint density at radius 3 is 2.70 bits per heavy atom. The Hall–Kier alpha value is -2.59. The summed E-state index contributed by atoms with van der Waals surface area (Å²) in [4.78, 5) is 13.3. The van der Waals surface area contributed by atoms with Gasteiger partial charge in [-0.25, -0.2) is 0 Å². The van der Waals surface area contributed by atoms with E-state index in [1.807, 2.05) is 48.5 Å². The standard InChI is InChI=1S/C23H27NO3/c1-18-15-24(12-11-23(18,2)20-9-6-10-21(26)14-20)16-22(27-17-25)13-19-7-4-3-5-8-19/h3-10,13-14,17-18,26H,11-12,15-16H2,1-2H3/t18-,23+/m0/s1. The van der Waals surface area contributed by atoms with Crippen LogP contribution in [-0.2, 0) is 14.9 Å². The fraction of sp³-hybridized carbons (Fsp3) is 0.348. The number of hydrogen-bond donors (Lipinski definition) is 1. The van der Waals surface area contributed by atoms with Crippen molar-refractivity contribution in [3.63, 3.8) is 0 Å². The molecule has 1 heterocycles. The van der Waals surface area contributed by atoms with Gasteiger partial charge < -0.3 is 9.84 Å². The monoisotopic (exact) mass is 365 g/mol. The largest absolute Gasteiger partial charge is 0.508 e. The summed E-state index contributed by atoms with van der Waals surface area (Å²) in [5, 5.41) is 9.85. The highest BCUT2D eigenvalue weighted by molar-refractivity contribution is 5.54. The third-order valence-corrected chi connectivity index (χ3v) is 5.78. The van der Waals surface area contributed by atoms with Crippen LogP contribution in [0.4, 0.5) is 0 Å². The molecule has 1 aliphatic heterocycles. The zero-order valence-electron chi connectivity index (χ0n) is 16.0. The van der Waals surface area contributed by atoms with E-state index in [0.717, 1.165) is 25.1 Å². The fourth-order valence-electron chi connectivity index (χ4n) is 3.88. The van der Waals surface area contributed by atoms with Crippen LogP contribution in [-0.4, -0.2) is 36.1 Å². The number of phenols is 1. The van der Waals surface area contributed by atoms with E-state index in [4.69, 9.17) is 4.74 Å². The molecule has 27 heavy (non-hydrogen) atoms. The Kier molecular flexibility index (Phi) is 5.97. The van der Waals surface area contributed by atoms with Gasteiger partial charge in [0.15, 0.2) is 0 Å². The molecule has 0 aromatic heterocycles. The van der Waals surface area contributed by atoms with Gasteiger partial charge in [0.25, 0.3) is 6.47 Å². The van der Waals surface area contributed by atoms with E-state index in [1.54, 1.807) is 6.07 Å². The second-order valence-electron chi connectivity index (χ2n) is 7.59. The number of phenolic OH excluding ortho intramolecular Hbond substituents is 1. The molecular weight excluding hydrogens is 338 g/mol. The molecule has 0 bridgehead atoms. The van der Waals surface area contributed by atoms with E-state index in [-0.39, 0.29) is 5.41 Å². The van der Waals surface area contributed by atoms with Crippen LogP contribution < -0.4 is 0 Å². The molecule has 0 spiro atoms. The number of carbonyl (C=O) groups is 1. The van der Waals surface area contributed by atoms with Gasteiger partial charge in [0.2, 0.25) is 0 Å². The van der Waals surface area contributed by atoms with Crippen molar-refractivity contribution in [3.8, 4) is 5.75 Å². The Bertz CT molecular complexity index is 802. The lowest BCUT2D eigenvalue weighted by Crippen LogP contribution is -2.47. The lowest BCUT2D eigenvalue weighted by molar-refractivity contribution is -0.125. The normalized spacial score (nSPS) is 23.8. The topological polar surface area (TPSA) is 49.8 Å². The van der Waals surface area contributed by atoms with Crippen molar-refractivity contribution in [2.75, 3.05) is 19.6 Å². The molecule has 0 unspecified atom stereocenters. The molecule has 4 nitrogen and oxygen atoms in total. The van der Waals surface area contributed by atoms with Gasteiger partial charge in [-0.05, 0) is 53.6 Å². The summed E-state index contributed by atoms with van der Waals surface area (Å²) in [5.74, 6) is 1.38. The Morgan fingerprint density at radius 1 is 1.26 bits per heavy atom. The van der Waals surface area contributed by atoms with Gasteiger partial charge in [-0.15, -0.1) is 0 Å². The molecule has 4 heteroatoms. The van der Waals surface area contributed by atoms with Gasteiger partial charge in [0, 0.05) is 6.54 Å². The van der Waals surface area contributed by atoms with E-state index < -0.39 is 0 Å². The van der Waals surface area contributed by atoms with Crippen LogP contribution >= 0.6 is 0 Å². The number of ether oxygens (including phenoxy) is 1. The van der Waals surface area contributed by atoms with E-state index >= 15 is 0 Å². The van der Waals surface area contributed by atoms with Crippen LogP contribution in [0.15, 0.2) is 60.4 Å². The molecule has 2 aromatic carbocycles. The number of likely N-dealkylation sites (tertiary alicyclic amines) is 1. The van der Waals surface area contributed by atoms with Gasteiger partial charge in [-0.3, -0.25) is 9.69 Å². The molecule has 3 rings (SSSR count). The van der Waals surface area contributed by atoms with E-state index in [1.165, 1.54) is 5.56 Å². The quantitative estimate of drug-likeness (QED) is 0.615. The number of rotatable bonds is 6. The summed E-state index contributed by atoms with van der Waals surface area (Å²) < 4.78 is 5.24. The van der Waals surface area contributed by atoms with Gasteiger partial charge in [-0.2, -0.15) is 0 Å². The lowest BCUT2D eigenvalue weighted by atomic mass is 9.68. The van der Waals surface area contributed by atoms with Crippen LogP contribution in [0.2, 0.25) is 0 Å². The van der Waals surface area contributed by atoms with Gasteiger partial charge >= 0.3 is 0 Å². The second-order valence-corrected chi connectivity index (χ2v) is 7.59. The van der Waals surface area contributed by atoms with Crippen LogP contribution in [0.3, 0.4) is 0 Å². The predicted octanol–water partition coefficient (Wildman–Crippen LogP) is 4.21. The molecule has 2 atom stereocenters. The maximum Gasteiger partial charge on any atom is 0.298 e. The molecular formula is C23H27NO3. The second kappa shape index (κ2) is 8.40. The molecule has 1 N–H and O–H groups in total. The molecule has 0 amide bonds. The van der Waals surface area contributed by atoms with E-state index in [2.05, 4.69) is 24.8 Å². The maximum atomic E-state index is 10.9. The number of piperidine rings is 1. The minimum atomic E-state index is 0.0179. The highest BCUT2D eigenvalue weighted by Crippen LogP contribution is 2.40. The summed E-state index contributed by atoms with van der Waals surface area (Å²) in [6, 6.07) is 17.5. The lowest BCUT2D eigenvalue weighted by Gasteiger charge is -2.45. The van der Waals surface area contributed by atoms with Crippen molar-refractivity contribution in [1.29, 1.82) is 0 Å². The average molecular weight is 365 g/mol. The Morgan fingerprint density at radius 2 is 2.04 bits per heavy atom. The highest BCUT2D eigenvalue weighted by atomic mass is 16.5. The summed E-state index contributed by atoms with van der Waals surface area (Å²) in [6.07, 6.45) is 2.90. The Balaban J connectivity index is 1.71. The van der Waals surface area contributed by atoms with Crippen LogP contribution in [0.5, 0.6) is 5.75 Å². The summed E-state index contributed by atoms with van der Waals surface area (Å²) in [6.45, 7) is 7.43. The summed E-state index contributed by atoms with van der Waals surface area (Å²) >= 11 is 0. The number of carbonyl (C=O) groups excluding carboxylic acids is 1. The van der Waals surface area contributed by atoms with E-state index in [9.17, 15) is 9.90 Å². The first-order valence-electron chi connectivity index (χ1n) is 9.39. The average Bonchev–Trinajstić information content (AvgIpc) is 2.66. The number of nitrogens with zero attached hydrogens (tertiary/aromatic N) is 1. The van der Waals surface area contributed by atoms with Gasteiger partial charge in [0.1, 0.15) is 11.5 Å². The first kappa shape index (κ1) is 19.2. The molecule has 142 valence electrons. The van der Waals surface area contributed by atoms with Crippen molar-refractivity contribution >= 4 is 12.5 Å². The molecule has 1 fully saturated rings. The molecule has 2 aromatic rings. The molecule has 1 saturated heterocycles. The predicted molar refractivity (Wildman–Crippen MR) is 107 cm³/mol. The van der Waals surface area contributed by atoms with Gasteiger partial charge in [-0.1, -0.05) is 56.3 Å². The van der Waals surface area contributed by atoms with Crippen molar-refractivity contribution in [1.82, 2.24) is 4.90 Å². The van der Waals surface area contributed by atoms with E-state index in [0.29, 0.717) is 30.4 Å². The fourth-order valence-corrected chi connectivity index (χ4v) is 3.88. The number of aromatic hydroxyl groups is 1. The Labute approximate surface area is 161 Å². The first-order chi connectivity index (χ1) is 13.0. The summed E-state index contributed by atoms with van der Waals surface area (Å²) in [5.41, 5.74) is 2.22. The first-order valence-corrected chi connectivity index (χ1v) is 9.39. The van der Waals surface area contributed by atoms with Crippen LogP contribution in [0.25, 0.3) is 6.08 Å². The third kappa shape index (κ3) is 4.58. The van der Waals surface area contributed by atoms with Crippen LogP contribution in [0, 0.1) is 5.92 Å². The molecule has 0 saturated carbocycles. The molecule has 0 radical (unpaired) electrons. The zero-order valence-corrected chi connectivity index (χ0v) is 16.0. The van der Waals surface area contributed by atoms with Crippen LogP contribution in [0.1, 0.15) is 31.4 Å². The van der Waals surface area contributed by atoms with Crippen molar-refractivity contribution in [2.24, 2.45) is 5.92 Å². The van der Waals surface area contributed by atoms with Gasteiger partial charge in [0.05, 0.1) is 6.54 Å². The molecule has 0 aliphatic carbocycles. The molecule has 1 aliphatic rings. The highest BCUT2D eigenvalue weighted by Gasteiger charge is 2.38. The minimum absolute atomic E-state index is 0.0179. The number of benzene rings is 2. The summed E-state index contributed by atoms with van der Waals surface area (Å²) in [7, 11) is 0. The smallest absolute Gasteiger partial charge is 0.298 e. The maximum absolute atomic E-state index is 10.9. The van der Waals surface area contributed by atoms with Crippen molar-refractivity contribution < 1.29 is 14.6 Å². The minimum Gasteiger partial charge on any atom is -0.508 e. The number of hydrogen-bond acceptors (Lipinski definition) is 4. The SMILES string of the molecule is C[C@H]1CN(CC(=Cc2ccccc2)OC=O)CC[C@@]1(C)c1cccc(O)c1. The van der Waals surface area contributed by atoms with Crippen molar-refractivity contribution in [2.45, 2.75) is 25.7 Å².